The van der Waals surface area contributed by atoms with E-state index in [-0.39, 0.29) is 30.6 Å². The van der Waals surface area contributed by atoms with Crippen molar-refractivity contribution in [3.8, 4) is 0 Å². The summed E-state index contributed by atoms with van der Waals surface area (Å²) >= 11 is 1.61. The molecule has 3 aliphatic rings. The fourth-order valence-corrected chi connectivity index (χ4v) is 6.15. The molecule has 0 saturated carbocycles. The monoisotopic (exact) mass is 418 g/mol. The molecule has 3 aliphatic heterocycles. The number of fused-ring (bicyclic) bond motifs is 1. The van der Waals surface area contributed by atoms with Crippen molar-refractivity contribution >= 4 is 29.5 Å². The summed E-state index contributed by atoms with van der Waals surface area (Å²) in [5.74, 6) is -0.302. The molecule has 0 radical (unpaired) electrons. The maximum Gasteiger partial charge on any atom is 0.330 e. The first kappa shape index (κ1) is 20.2. The second-order valence-corrected chi connectivity index (χ2v) is 9.20. The second kappa shape index (κ2) is 7.99. The average Bonchev–Trinajstić information content (AvgIpc) is 3.25. The molecule has 7 nitrogen and oxygen atoms in total. The van der Waals surface area contributed by atoms with Crippen molar-refractivity contribution in [1.82, 2.24) is 9.80 Å². The Morgan fingerprint density at radius 3 is 2.59 bits per heavy atom. The van der Waals surface area contributed by atoms with Gasteiger partial charge in [-0.3, -0.25) is 9.59 Å². The van der Waals surface area contributed by atoms with Gasteiger partial charge in [-0.1, -0.05) is 30.3 Å². The third-order valence-corrected chi connectivity index (χ3v) is 7.33. The number of benzene rings is 1. The summed E-state index contributed by atoms with van der Waals surface area (Å²) in [6, 6.07) is 9.16. The van der Waals surface area contributed by atoms with E-state index in [1.54, 1.807) is 21.6 Å². The quantitative estimate of drug-likeness (QED) is 0.694. The normalized spacial score (nSPS) is 31.7. The van der Waals surface area contributed by atoms with E-state index in [0.29, 0.717) is 31.7 Å². The topological polar surface area (TPSA) is 76.2 Å². The minimum atomic E-state index is -0.662. The third kappa shape index (κ3) is 3.75. The number of amides is 2. The van der Waals surface area contributed by atoms with Gasteiger partial charge in [-0.15, -0.1) is 11.8 Å². The number of esters is 1. The summed E-state index contributed by atoms with van der Waals surface area (Å²) < 4.78 is 11.0. The Labute approximate surface area is 174 Å². The Morgan fingerprint density at radius 1 is 1.21 bits per heavy atom. The minimum Gasteiger partial charge on any atom is -0.454 e. The molecule has 1 aromatic rings. The number of hydrogen-bond acceptors (Lipinski definition) is 6. The van der Waals surface area contributed by atoms with Gasteiger partial charge in [0.2, 0.25) is 5.91 Å². The van der Waals surface area contributed by atoms with Gasteiger partial charge in [0.25, 0.3) is 5.91 Å². The van der Waals surface area contributed by atoms with E-state index in [4.69, 9.17) is 9.47 Å². The maximum absolute atomic E-state index is 12.8. The summed E-state index contributed by atoms with van der Waals surface area (Å²) in [4.78, 5) is 40.8. The van der Waals surface area contributed by atoms with Crippen LogP contribution in [0.4, 0.5) is 0 Å². The van der Waals surface area contributed by atoms with Crippen molar-refractivity contribution in [2.24, 2.45) is 0 Å². The predicted octanol–water partition coefficient (Wildman–Crippen LogP) is 1.76. The second-order valence-electron chi connectivity index (χ2n) is 7.90. The minimum absolute atomic E-state index is 0.0389. The van der Waals surface area contributed by atoms with Gasteiger partial charge < -0.3 is 19.3 Å². The molecule has 2 amide bonds. The van der Waals surface area contributed by atoms with Crippen LogP contribution in [0.1, 0.15) is 32.3 Å². The Hall–Kier alpha value is -2.06. The fraction of sp³-hybridized carbons (Fsp3) is 0.571. The summed E-state index contributed by atoms with van der Waals surface area (Å²) in [7, 11) is 0. The predicted molar refractivity (Wildman–Crippen MR) is 108 cm³/mol. The molecule has 0 aliphatic carbocycles. The Bertz CT molecular complexity index is 794. The van der Waals surface area contributed by atoms with E-state index in [9.17, 15) is 14.4 Å². The number of carbonyl (C=O) groups excluding carboxylic acids is 3. The van der Waals surface area contributed by atoms with Crippen LogP contribution in [0.3, 0.4) is 0 Å². The van der Waals surface area contributed by atoms with Gasteiger partial charge in [-0.25, -0.2) is 4.79 Å². The maximum atomic E-state index is 12.8. The van der Waals surface area contributed by atoms with E-state index >= 15 is 0 Å². The first-order valence-electron chi connectivity index (χ1n) is 10.0. The van der Waals surface area contributed by atoms with E-state index in [1.165, 1.54) is 0 Å². The van der Waals surface area contributed by atoms with Crippen molar-refractivity contribution in [1.29, 1.82) is 0 Å². The zero-order valence-electron chi connectivity index (χ0n) is 16.7. The number of morpholine rings is 1. The first-order chi connectivity index (χ1) is 13.9. The van der Waals surface area contributed by atoms with Crippen LogP contribution in [0, 0.1) is 0 Å². The molecular weight excluding hydrogens is 392 g/mol. The van der Waals surface area contributed by atoms with Crippen LogP contribution in [0.25, 0.3) is 0 Å². The molecular formula is C21H26N2O5S. The van der Waals surface area contributed by atoms with Gasteiger partial charge in [-0.2, -0.15) is 0 Å². The SMILES string of the molecule is C[C@@H]1CN(C(=O)COC(=O)[C@@H]2CS[C@@]3(c4ccccc4)CCC(=O)N23)C[C@H](C)O1. The van der Waals surface area contributed by atoms with Gasteiger partial charge in [0.05, 0.1) is 12.2 Å². The molecule has 0 spiro atoms. The molecule has 0 aromatic heterocycles. The summed E-state index contributed by atoms with van der Waals surface area (Å²) in [6.07, 6.45) is 0.998. The highest BCUT2D eigenvalue weighted by Crippen LogP contribution is 2.54. The van der Waals surface area contributed by atoms with Gasteiger partial charge in [0.15, 0.2) is 6.61 Å². The molecule has 0 N–H and O–H groups in total. The Morgan fingerprint density at radius 2 is 1.90 bits per heavy atom. The molecule has 0 bridgehead atoms. The Balaban J connectivity index is 1.42. The van der Waals surface area contributed by atoms with Gasteiger partial charge in [0.1, 0.15) is 10.9 Å². The summed E-state index contributed by atoms with van der Waals surface area (Å²) in [5.41, 5.74) is 1.03. The average molecular weight is 419 g/mol. The highest BCUT2D eigenvalue weighted by molar-refractivity contribution is 8.00. The van der Waals surface area contributed by atoms with Crippen LogP contribution in [0.2, 0.25) is 0 Å². The molecule has 29 heavy (non-hydrogen) atoms. The number of rotatable bonds is 4. The van der Waals surface area contributed by atoms with Crippen LogP contribution < -0.4 is 0 Å². The standard InChI is InChI=1S/C21H26N2O5S/c1-14-10-22(11-15(2)28-14)19(25)12-27-20(26)17-13-29-21(9-8-18(24)23(17)21)16-6-4-3-5-7-16/h3-7,14-15,17H,8-13H2,1-2H3/t14-,15+,17-,21+/m0/s1. The number of carbonyl (C=O) groups is 3. The first-order valence-corrected chi connectivity index (χ1v) is 11.0. The number of hydrogen-bond donors (Lipinski definition) is 0. The van der Waals surface area contributed by atoms with Crippen molar-refractivity contribution < 1.29 is 23.9 Å². The molecule has 8 heteroatoms. The largest absolute Gasteiger partial charge is 0.454 e. The zero-order chi connectivity index (χ0) is 20.6. The molecule has 3 saturated heterocycles. The molecule has 156 valence electrons. The fourth-order valence-electron chi connectivity index (χ4n) is 4.52. The van der Waals surface area contributed by atoms with Gasteiger partial charge in [0, 0.05) is 25.3 Å². The van der Waals surface area contributed by atoms with E-state index < -0.39 is 16.9 Å². The highest BCUT2D eigenvalue weighted by atomic mass is 32.2. The lowest BCUT2D eigenvalue weighted by Crippen LogP contribution is -2.50. The smallest absolute Gasteiger partial charge is 0.330 e. The van der Waals surface area contributed by atoms with Crippen LogP contribution in [0.15, 0.2) is 30.3 Å². The number of nitrogens with zero attached hydrogens (tertiary/aromatic N) is 2. The highest BCUT2D eigenvalue weighted by Gasteiger charge is 2.57. The zero-order valence-corrected chi connectivity index (χ0v) is 17.5. The molecule has 0 unspecified atom stereocenters. The van der Waals surface area contributed by atoms with Crippen LogP contribution in [-0.2, 0) is 28.7 Å². The summed E-state index contributed by atoms with van der Waals surface area (Å²) in [6.45, 7) is 4.50. The lowest BCUT2D eigenvalue weighted by molar-refractivity contribution is -0.161. The van der Waals surface area contributed by atoms with Gasteiger partial charge in [-0.05, 0) is 25.8 Å². The van der Waals surface area contributed by atoms with Crippen molar-refractivity contribution in [3.05, 3.63) is 35.9 Å². The van der Waals surface area contributed by atoms with Crippen LogP contribution >= 0.6 is 11.8 Å². The van der Waals surface area contributed by atoms with Crippen molar-refractivity contribution in [2.75, 3.05) is 25.4 Å². The molecule has 3 fully saturated rings. The molecule has 4 atom stereocenters. The van der Waals surface area contributed by atoms with E-state index in [1.807, 2.05) is 44.2 Å². The Kier molecular flexibility index (Phi) is 5.57. The number of ether oxygens (including phenoxy) is 2. The molecule has 4 rings (SSSR count). The molecule has 3 heterocycles. The van der Waals surface area contributed by atoms with Gasteiger partial charge >= 0.3 is 5.97 Å². The van der Waals surface area contributed by atoms with Crippen molar-refractivity contribution in [3.63, 3.8) is 0 Å². The van der Waals surface area contributed by atoms with E-state index in [2.05, 4.69) is 0 Å². The molecule has 1 aromatic carbocycles. The summed E-state index contributed by atoms with van der Waals surface area (Å²) in [5, 5.41) is 0. The third-order valence-electron chi connectivity index (χ3n) is 5.73. The lowest BCUT2D eigenvalue weighted by Gasteiger charge is -2.35. The van der Waals surface area contributed by atoms with Crippen LogP contribution in [0.5, 0.6) is 0 Å². The van der Waals surface area contributed by atoms with Crippen molar-refractivity contribution in [2.45, 2.75) is 49.8 Å². The van der Waals surface area contributed by atoms with Crippen LogP contribution in [-0.4, -0.2) is 71.3 Å². The number of thioether (sulfide) groups is 1. The van der Waals surface area contributed by atoms with E-state index in [0.717, 1.165) is 5.56 Å². The lowest BCUT2D eigenvalue weighted by atomic mass is 10.0.